The molecule has 0 radical (unpaired) electrons. The molecule has 0 saturated carbocycles. The number of fused-ring (bicyclic) bond motifs is 1. The molecule has 0 spiro atoms. The second-order valence-electron chi connectivity index (χ2n) is 7.62. The molecule has 0 atom stereocenters. The fourth-order valence-electron chi connectivity index (χ4n) is 4.33. The van der Waals surface area contributed by atoms with Gasteiger partial charge in [0, 0.05) is 55.2 Å². The van der Waals surface area contributed by atoms with E-state index in [1.54, 1.807) is 15.9 Å². The third kappa shape index (κ3) is 4.76. The van der Waals surface area contributed by atoms with E-state index in [2.05, 4.69) is 11.0 Å². The number of carbonyl (C=O) groups is 1. The van der Waals surface area contributed by atoms with Crippen molar-refractivity contribution in [3.05, 3.63) is 50.1 Å². The number of ether oxygens (including phenoxy) is 2. The van der Waals surface area contributed by atoms with Crippen LogP contribution in [0.2, 0.25) is 0 Å². The number of pyridine rings is 1. The van der Waals surface area contributed by atoms with Crippen molar-refractivity contribution in [2.45, 2.75) is 38.3 Å². The number of thiophene rings is 1. The fourth-order valence-corrected chi connectivity index (χ4v) is 6.11. The molecule has 162 valence electrons. The second-order valence-corrected chi connectivity index (χ2v) is 9.88. The van der Waals surface area contributed by atoms with E-state index in [0.29, 0.717) is 36.9 Å². The van der Waals surface area contributed by atoms with Crippen molar-refractivity contribution in [3.8, 4) is 5.75 Å². The molecule has 4 heterocycles. The lowest BCUT2D eigenvalue weighted by molar-refractivity contribution is 0.0593. The molecule has 1 fully saturated rings. The molecule has 0 amide bonds. The van der Waals surface area contributed by atoms with Gasteiger partial charge < -0.3 is 14.0 Å². The third-order valence-corrected chi connectivity index (χ3v) is 7.90. The molecule has 2 aliphatic rings. The lowest BCUT2D eigenvalue weighted by atomic mass is 10.1. The monoisotopic (exact) mass is 448 g/mol. The molecular formula is C22H28N2O4S2. The van der Waals surface area contributed by atoms with Gasteiger partial charge in [-0.15, -0.1) is 11.3 Å². The zero-order chi connectivity index (χ0) is 20.9. The minimum absolute atomic E-state index is 0.107. The second kappa shape index (κ2) is 10.0. The number of esters is 1. The Morgan fingerprint density at radius 2 is 2.07 bits per heavy atom. The van der Waals surface area contributed by atoms with Gasteiger partial charge in [-0.2, -0.15) is 11.8 Å². The van der Waals surface area contributed by atoms with Gasteiger partial charge in [0.15, 0.2) is 0 Å². The van der Waals surface area contributed by atoms with Gasteiger partial charge >= 0.3 is 5.97 Å². The largest absolute Gasteiger partial charge is 0.492 e. The number of rotatable bonds is 6. The summed E-state index contributed by atoms with van der Waals surface area (Å²) in [7, 11) is 1.38. The minimum atomic E-state index is -0.438. The van der Waals surface area contributed by atoms with Gasteiger partial charge in [-0.3, -0.25) is 9.69 Å². The van der Waals surface area contributed by atoms with Crippen LogP contribution in [0.1, 0.15) is 33.8 Å². The van der Waals surface area contributed by atoms with Crippen LogP contribution in [-0.2, 0) is 24.1 Å². The van der Waals surface area contributed by atoms with Crippen LogP contribution in [0.25, 0.3) is 0 Å². The van der Waals surface area contributed by atoms with Crippen molar-refractivity contribution in [1.82, 2.24) is 9.47 Å². The summed E-state index contributed by atoms with van der Waals surface area (Å²) in [4.78, 5) is 29.3. The number of nitrogens with zero attached hydrogens (tertiary/aromatic N) is 2. The van der Waals surface area contributed by atoms with Gasteiger partial charge in [0.25, 0.3) is 5.56 Å². The SMILES string of the molecule is COC(=O)c1c(OCCc2cccs2)cc(=O)n2c1CCN(C1CCSCC1)CC2. The third-order valence-electron chi connectivity index (χ3n) is 5.91. The summed E-state index contributed by atoms with van der Waals surface area (Å²) in [5, 5.41) is 2.03. The molecule has 0 N–H and O–H groups in total. The van der Waals surface area contributed by atoms with Gasteiger partial charge in [0.1, 0.15) is 11.3 Å². The molecule has 30 heavy (non-hydrogen) atoms. The molecular weight excluding hydrogens is 420 g/mol. The van der Waals surface area contributed by atoms with E-state index in [9.17, 15) is 9.59 Å². The molecule has 4 rings (SSSR count). The van der Waals surface area contributed by atoms with Crippen molar-refractivity contribution in [3.63, 3.8) is 0 Å². The molecule has 2 aromatic heterocycles. The Labute approximate surface area is 185 Å². The summed E-state index contributed by atoms with van der Waals surface area (Å²) in [5.41, 5.74) is 1.04. The van der Waals surface area contributed by atoms with Crippen LogP contribution in [0.15, 0.2) is 28.4 Å². The zero-order valence-corrected chi connectivity index (χ0v) is 18.9. The van der Waals surface area contributed by atoms with Gasteiger partial charge in [0.05, 0.1) is 13.7 Å². The first-order chi connectivity index (χ1) is 14.7. The highest BCUT2D eigenvalue weighted by Crippen LogP contribution is 2.27. The van der Waals surface area contributed by atoms with E-state index in [1.165, 1.54) is 42.4 Å². The predicted molar refractivity (Wildman–Crippen MR) is 121 cm³/mol. The maximum absolute atomic E-state index is 12.9. The van der Waals surface area contributed by atoms with E-state index in [4.69, 9.17) is 9.47 Å². The average Bonchev–Trinajstić information content (AvgIpc) is 3.18. The zero-order valence-electron chi connectivity index (χ0n) is 17.3. The number of thioether (sulfide) groups is 1. The first-order valence-electron chi connectivity index (χ1n) is 10.5. The minimum Gasteiger partial charge on any atom is -0.492 e. The smallest absolute Gasteiger partial charge is 0.343 e. The Morgan fingerprint density at radius 3 is 2.80 bits per heavy atom. The summed E-state index contributed by atoms with van der Waals surface area (Å²) in [5.74, 6) is 2.30. The Kier molecular flexibility index (Phi) is 7.17. The first kappa shape index (κ1) is 21.5. The van der Waals surface area contributed by atoms with E-state index in [0.717, 1.165) is 25.2 Å². The van der Waals surface area contributed by atoms with Crippen molar-refractivity contribution >= 4 is 29.1 Å². The highest BCUT2D eigenvalue weighted by atomic mass is 32.2. The summed E-state index contributed by atoms with van der Waals surface area (Å²) >= 11 is 3.69. The first-order valence-corrected chi connectivity index (χ1v) is 12.5. The van der Waals surface area contributed by atoms with Gasteiger partial charge in [-0.1, -0.05) is 6.07 Å². The summed E-state index contributed by atoms with van der Waals surface area (Å²) in [6.45, 7) is 2.69. The van der Waals surface area contributed by atoms with E-state index in [1.807, 2.05) is 23.2 Å². The molecule has 0 aromatic carbocycles. The molecule has 2 aliphatic heterocycles. The normalized spacial score (nSPS) is 17.9. The van der Waals surface area contributed by atoms with E-state index >= 15 is 0 Å². The van der Waals surface area contributed by atoms with Gasteiger partial charge in [-0.25, -0.2) is 4.79 Å². The molecule has 8 heteroatoms. The van der Waals surface area contributed by atoms with Crippen LogP contribution in [0.5, 0.6) is 5.75 Å². The van der Waals surface area contributed by atoms with Crippen LogP contribution in [0.3, 0.4) is 0 Å². The number of hydrogen-bond donors (Lipinski definition) is 0. The number of carbonyl (C=O) groups excluding carboxylic acids is 1. The predicted octanol–water partition coefficient (Wildman–Crippen LogP) is 3.07. The van der Waals surface area contributed by atoms with Crippen LogP contribution >= 0.6 is 23.1 Å². The van der Waals surface area contributed by atoms with Crippen molar-refractivity contribution in [1.29, 1.82) is 0 Å². The number of aromatic nitrogens is 1. The lowest BCUT2D eigenvalue weighted by Gasteiger charge is -2.32. The standard InChI is InChI=1S/C22H28N2O4S2/c1-27-22(26)21-18-4-8-23(16-6-13-29-14-7-16)9-10-24(18)20(25)15-19(21)28-11-5-17-3-2-12-30-17/h2-3,12,15-16H,4-11,13-14H2,1H3. The van der Waals surface area contributed by atoms with Crippen LogP contribution in [0, 0.1) is 0 Å². The van der Waals surface area contributed by atoms with E-state index < -0.39 is 5.97 Å². The summed E-state index contributed by atoms with van der Waals surface area (Å²) < 4.78 is 12.8. The van der Waals surface area contributed by atoms with Crippen LogP contribution in [-0.4, -0.2) is 59.8 Å². The van der Waals surface area contributed by atoms with Crippen LogP contribution in [0.4, 0.5) is 0 Å². The van der Waals surface area contributed by atoms with Crippen molar-refractivity contribution < 1.29 is 14.3 Å². The topological polar surface area (TPSA) is 60.8 Å². The maximum Gasteiger partial charge on any atom is 0.343 e. The molecule has 0 aliphatic carbocycles. The lowest BCUT2D eigenvalue weighted by Crippen LogP contribution is -2.40. The van der Waals surface area contributed by atoms with E-state index in [-0.39, 0.29) is 5.56 Å². The van der Waals surface area contributed by atoms with Gasteiger partial charge in [0.2, 0.25) is 0 Å². The Morgan fingerprint density at radius 1 is 1.23 bits per heavy atom. The average molecular weight is 449 g/mol. The van der Waals surface area contributed by atoms with Gasteiger partial charge in [-0.05, 0) is 35.8 Å². The highest BCUT2D eigenvalue weighted by molar-refractivity contribution is 7.99. The highest BCUT2D eigenvalue weighted by Gasteiger charge is 2.28. The Bertz CT molecular complexity index is 920. The molecule has 6 nitrogen and oxygen atoms in total. The van der Waals surface area contributed by atoms with Crippen LogP contribution < -0.4 is 10.3 Å². The number of hydrogen-bond acceptors (Lipinski definition) is 7. The number of methoxy groups -OCH3 is 1. The maximum atomic E-state index is 12.9. The summed E-state index contributed by atoms with van der Waals surface area (Å²) in [6.07, 6.45) is 3.77. The molecule has 0 bridgehead atoms. The van der Waals surface area contributed by atoms with Crippen molar-refractivity contribution in [2.24, 2.45) is 0 Å². The quantitative estimate of drug-likeness (QED) is 0.633. The fraction of sp³-hybridized carbons (Fsp3) is 0.545. The summed E-state index contributed by atoms with van der Waals surface area (Å²) in [6, 6.07) is 6.08. The molecule has 0 unspecified atom stereocenters. The molecule has 2 aromatic rings. The molecule has 1 saturated heterocycles. The van der Waals surface area contributed by atoms with Crippen molar-refractivity contribution in [2.75, 3.05) is 38.3 Å². The Balaban J connectivity index is 1.58. The Hall–Kier alpha value is -1.77.